The Hall–Kier alpha value is -1.40. The summed E-state index contributed by atoms with van der Waals surface area (Å²) in [4.78, 5) is 13.0. The van der Waals surface area contributed by atoms with Crippen molar-refractivity contribution in [2.45, 2.75) is 17.7 Å². The number of hydrogen-bond acceptors (Lipinski definition) is 3. The van der Waals surface area contributed by atoms with Gasteiger partial charge in [-0.2, -0.15) is 4.72 Å². The number of amides is 1. The van der Waals surface area contributed by atoms with Crippen molar-refractivity contribution in [2.75, 3.05) is 13.2 Å². The van der Waals surface area contributed by atoms with Crippen LogP contribution in [0, 0.1) is 0 Å². The Balaban J connectivity index is 2.01. The molecule has 1 aromatic rings. The molecule has 5 nitrogen and oxygen atoms in total. The molecule has 6 heteroatoms. The second kappa shape index (κ2) is 4.85. The van der Waals surface area contributed by atoms with Gasteiger partial charge in [-0.3, -0.25) is 4.79 Å². The van der Waals surface area contributed by atoms with Crippen LogP contribution in [0.4, 0.5) is 0 Å². The van der Waals surface area contributed by atoms with Crippen molar-refractivity contribution in [3.8, 4) is 0 Å². The van der Waals surface area contributed by atoms with Crippen LogP contribution < -0.4 is 4.72 Å². The van der Waals surface area contributed by atoms with E-state index in [1.54, 1.807) is 18.2 Å². The summed E-state index contributed by atoms with van der Waals surface area (Å²) in [5.74, 6) is 0.000705. The van der Waals surface area contributed by atoms with Crippen LogP contribution in [0.2, 0.25) is 0 Å². The molecule has 0 saturated carbocycles. The van der Waals surface area contributed by atoms with Crippen molar-refractivity contribution in [3.63, 3.8) is 0 Å². The zero-order valence-corrected chi connectivity index (χ0v) is 10.1. The average Bonchev–Trinajstić information content (AvgIpc) is 2.74. The molecule has 0 aromatic heterocycles. The van der Waals surface area contributed by atoms with E-state index >= 15 is 0 Å². The van der Waals surface area contributed by atoms with Gasteiger partial charge in [0.25, 0.3) is 0 Å². The van der Waals surface area contributed by atoms with Crippen molar-refractivity contribution < 1.29 is 13.2 Å². The number of carbonyl (C=O) groups is 1. The van der Waals surface area contributed by atoms with E-state index in [0.717, 1.165) is 6.42 Å². The molecule has 1 fully saturated rings. The molecule has 1 aromatic carbocycles. The minimum Gasteiger partial charge on any atom is -0.329 e. The van der Waals surface area contributed by atoms with E-state index in [-0.39, 0.29) is 17.5 Å². The molecule has 0 atom stereocenters. The van der Waals surface area contributed by atoms with Gasteiger partial charge >= 0.3 is 0 Å². The maximum absolute atomic E-state index is 11.8. The van der Waals surface area contributed by atoms with E-state index in [1.807, 2.05) is 0 Å². The van der Waals surface area contributed by atoms with Crippen LogP contribution in [0.15, 0.2) is 35.2 Å². The molecule has 17 heavy (non-hydrogen) atoms. The number of benzene rings is 1. The van der Waals surface area contributed by atoms with E-state index in [1.165, 1.54) is 17.0 Å². The Labute approximate surface area is 100 Å². The van der Waals surface area contributed by atoms with Crippen LogP contribution in [0.1, 0.15) is 12.8 Å². The van der Waals surface area contributed by atoms with Crippen molar-refractivity contribution >= 4 is 15.9 Å². The third kappa shape index (κ3) is 2.83. The Bertz CT molecular complexity index is 499. The first-order valence-corrected chi connectivity index (χ1v) is 6.90. The van der Waals surface area contributed by atoms with Gasteiger partial charge in [0.05, 0.1) is 11.6 Å². The molecule has 1 aliphatic rings. The van der Waals surface area contributed by atoms with Gasteiger partial charge in [0, 0.05) is 13.0 Å². The number of rotatable bonds is 4. The Kier molecular flexibility index (Phi) is 3.44. The summed E-state index contributed by atoms with van der Waals surface area (Å²) >= 11 is 0. The molecule has 1 heterocycles. The zero-order valence-electron chi connectivity index (χ0n) is 9.30. The van der Waals surface area contributed by atoms with E-state index in [2.05, 4.69) is 4.72 Å². The molecule has 0 radical (unpaired) electrons. The topological polar surface area (TPSA) is 66.5 Å². The normalized spacial score (nSPS) is 16.5. The highest BCUT2D eigenvalue weighted by molar-refractivity contribution is 7.89. The molecule has 1 amide bonds. The molecular formula is C11H14N2O3S. The Morgan fingerprint density at radius 1 is 1.24 bits per heavy atom. The molecule has 1 aliphatic heterocycles. The van der Waals surface area contributed by atoms with Gasteiger partial charge in [-0.05, 0) is 18.6 Å². The monoisotopic (exact) mass is 254 g/mol. The number of sulfonamides is 1. The molecule has 0 unspecified atom stereocenters. The summed E-state index contributed by atoms with van der Waals surface area (Å²) in [6.07, 6.45) is 1.30. The zero-order chi connectivity index (χ0) is 12.3. The number of nitrogens with one attached hydrogen (secondary N) is 1. The predicted molar refractivity (Wildman–Crippen MR) is 62.6 cm³/mol. The lowest BCUT2D eigenvalue weighted by Gasteiger charge is -2.16. The summed E-state index contributed by atoms with van der Waals surface area (Å²) in [5.41, 5.74) is 0. The first kappa shape index (κ1) is 12.1. The highest BCUT2D eigenvalue weighted by Crippen LogP contribution is 2.10. The minimum atomic E-state index is -3.52. The van der Waals surface area contributed by atoms with E-state index in [9.17, 15) is 13.2 Å². The number of hydrogen-bond donors (Lipinski definition) is 1. The van der Waals surface area contributed by atoms with E-state index in [0.29, 0.717) is 13.0 Å². The van der Waals surface area contributed by atoms with Gasteiger partial charge in [-0.1, -0.05) is 18.2 Å². The number of likely N-dealkylation sites (tertiary alicyclic amines) is 1. The van der Waals surface area contributed by atoms with Gasteiger partial charge < -0.3 is 4.90 Å². The van der Waals surface area contributed by atoms with Crippen molar-refractivity contribution in [3.05, 3.63) is 30.3 Å². The summed E-state index contributed by atoms with van der Waals surface area (Å²) in [5, 5.41) is 0. The van der Waals surface area contributed by atoms with Crippen LogP contribution in [0.3, 0.4) is 0 Å². The van der Waals surface area contributed by atoms with Crippen LogP contribution in [0.5, 0.6) is 0 Å². The third-order valence-corrected chi connectivity index (χ3v) is 4.07. The Morgan fingerprint density at radius 3 is 2.53 bits per heavy atom. The van der Waals surface area contributed by atoms with Gasteiger partial charge in [0.15, 0.2) is 0 Å². The molecular weight excluding hydrogens is 240 g/mol. The van der Waals surface area contributed by atoms with Gasteiger partial charge in [0.2, 0.25) is 15.9 Å². The lowest BCUT2D eigenvalue weighted by molar-refractivity contribution is -0.127. The molecule has 1 saturated heterocycles. The molecule has 1 N–H and O–H groups in total. The fourth-order valence-electron chi connectivity index (χ4n) is 1.72. The first-order chi connectivity index (χ1) is 8.09. The fraction of sp³-hybridized carbons (Fsp3) is 0.364. The molecule has 0 spiro atoms. The average molecular weight is 254 g/mol. The van der Waals surface area contributed by atoms with E-state index in [4.69, 9.17) is 0 Å². The van der Waals surface area contributed by atoms with Gasteiger partial charge in [-0.25, -0.2) is 8.42 Å². The standard InChI is InChI=1S/C11H14N2O3S/c14-11-7-4-8-13(11)9-12-17(15,16)10-5-2-1-3-6-10/h1-3,5-6,12H,4,7-9H2. The van der Waals surface area contributed by atoms with Crippen LogP contribution in [-0.4, -0.2) is 32.4 Å². The molecule has 0 aliphatic carbocycles. The summed E-state index contributed by atoms with van der Waals surface area (Å²) in [6.45, 7) is 0.673. The Morgan fingerprint density at radius 2 is 1.94 bits per heavy atom. The third-order valence-electron chi connectivity index (χ3n) is 2.67. The van der Waals surface area contributed by atoms with Crippen LogP contribution in [0.25, 0.3) is 0 Å². The quantitative estimate of drug-likeness (QED) is 0.853. The minimum absolute atomic E-state index is 0.000705. The highest BCUT2D eigenvalue weighted by Gasteiger charge is 2.22. The largest absolute Gasteiger partial charge is 0.329 e. The molecule has 92 valence electrons. The van der Waals surface area contributed by atoms with Gasteiger partial charge in [0.1, 0.15) is 0 Å². The lowest BCUT2D eigenvalue weighted by atomic mass is 10.4. The first-order valence-electron chi connectivity index (χ1n) is 5.42. The SMILES string of the molecule is O=C1CCCN1CNS(=O)(=O)c1ccccc1. The van der Waals surface area contributed by atoms with Gasteiger partial charge in [-0.15, -0.1) is 0 Å². The van der Waals surface area contributed by atoms with Crippen LogP contribution >= 0.6 is 0 Å². The maximum atomic E-state index is 11.8. The van der Waals surface area contributed by atoms with Crippen LogP contribution in [-0.2, 0) is 14.8 Å². The fourth-order valence-corrected chi connectivity index (χ4v) is 2.72. The van der Waals surface area contributed by atoms with Crippen molar-refractivity contribution in [1.29, 1.82) is 0 Å². The predicted octanol–water partition coefficient (Wildman–Crippen LogP) is 0.545. The maximum Gasteiger partial charge on any atom is 0.242 e. The second-order valence-electron chi connectivity index (χ2n) is 3.88. The molecule has 0 bridgehead atoms. The summed E-state index contributed by atoms with van der Waals surface area (Å²) in [7, 11) is -3.52. The smallest absolute Gasteiger partial charge is 0.242 e. The van der Waals surface area contributed by atoms with E-state index < -0.39 is 10.0 Å². The van der Waals surface area contributed by atoms with Crippen molar-refractivity contribution in [1.82, 2.24) is 9.62 Å². The number of carbonyl (C=O) groups excluding carboxylic acids is 1. The summed E-state index contributed by atoms with van der Waals surface area (Å²) in [6, 6.07) is 8.12. The lowest BCUT2D eigenvalue weighted by Crippen LogP contribution is -2.38. The van der Waals surface area contributed by atoms with Crippen molar-refractivity contribution in [2.24, 2.45) is 0 Å². The molecule has 2 rings (SSSR count). The number of nitrogens with zero attached hydrogens (tertiary/aromatic N) is 1. The summed E-state index contributed by atoms with van der Waals surface area (Å²) < 4.78 is 26.1. The second-order valence-corrected chi connectivity index (χ2v) is 5.65. The highest BCUT2D eigenvalue weighted by atomic mass is 32.2.